The van der Waals surface area contributed by atoms with Crippen molar-refractivity contribution in [1.82, 2.24) is 14.4 Å². The number of fused-ring (bicyclic) bond motifs is 7. The molecule has 33 heavy (non-hydrogen) atoms. The highest BCUT2D eigenvalue weighted by molar-refractivity contribution is 6.29. The van der Waals surface area contributed by atoms with E-state index in [0.717, 1.165) is 16.8 Å². The Balaban J connectivity index is 1.72. The predicted octanol–water partition coefficient (Wildman–Crippen LogP) is 7.60. The van der Waals surface area contributed by atoms with Gasteiger partial charge in [0.1, 0.15) is 0 Å². The van der Waals surface area contributed by atoms with Crippen molar-refractivity contribution in [2.24, 2.45) is 0 Å². The van der Waals surface area contributed by atoms with E-state index in [1.165, 1.54) is 54.3 Å². The molecule has 4 aromatic heterocycles. The van der Waals surface area contributed by atoms with Crippen LogP contribution < -0.4 is 0 Å². The summed E-state index contributed by atoms with van der Waals surface area (Å²) in [7, 11) is 0. The largest absolute Gasteiger partial charge is 0.308 e. The first-order valence-electron chi connectivity index (χ1n) is 11.2. The Morgan fingerprint density at radius 2 is 1.42 bits per heavy atom. The van der Waals surface area contributed by atoms with E-state index in [1.807, 2.05) is 18.5 Å². The van der Waals surface area contributed by atoms with Crippen molar-refractivity contribution in [3.63, 3.8) is 0 Å². The normalized spacial score (nSPS) is 12.2. The van der Waals surface area contributed by atoms with E-state index in [1.54, 1.807) is 0 Å². The van der Waals surface area contributed by atoms with Crippen LogP contribution in [0.3, 0.4) is 0 Å². The number of pyridine rings is 3. The van der Waals surface area contributed by atoms with Crippen LogP contribution in [0.2, 0.25) is 0 Å². The number of hydrogen-bond acceptors (Lipinski definition) is 2. The minimum absolute atomic E-state index is 0.992. The summed E-state index contributed by atoms with van der Waals surface area (Å²) in [6.07, 6.45) is 3.80. The molecule has 4 aromatic carbocycles. The lowest BCUT2D eigenvalue weighted by molar-refractivity contribution is 1.32. The van der Waals surface area contributed by atoms with Gasteiger partial charge >= 0.3 is 0 Å². The molecule has 152 valence electrons. The molecule has 0 unspecified atom stereocenters. The van der Waals surface area contributed by atoms with Gasteiger partial charge < -0.3 is 4.40 Å². The number of benzene rings is 4. The van der Waals surface area contributed by atoms with Crippen LogP contribution in [0.15, 0.2) is 103 Å². The Hall–Kier alpha value is -4.50. The van der Waals surface area contributed by atoms with E-state index in [4.69, 9.17) is 4.98 Å². The predicted molar refractivity (Wildman–Crippen MR) is 137 cm³/mol. The highest BCUT2D eigenvalue weighted by Gasteiger charge is 2.21. The molecule has 0 saturated carbocycles. The highest BCUT2D eigenvalue weighted by atomic mass is 14.9. The summed E-state index contributed by atoms with van der Waals surface area (Å²) in [5, 5.41) is 8.57. The maximum atomic E-state index is 4.89. The Labute approximate surface area is 188 Å². The van der Waals surface area contributed by atoms with Crippen LogP contribution in [0.25, 0.3) is 71.0 Å². The molecule has 8 aromatic rings. The van der Waals surface area contributed by atoms with Crippen LogP contribution in [0, 0.1) is 0 Å². The van der Waals surface area contributed by atoms with E-state index in [-0.39, 0.29) is 0 Å². The summed E-state index contributed by atoms with van der Waals surface area (Å²) in [5.74, 6) is 0. The van der Waals surface area contributed by atoms with Crippen molar-refractivity contribution in [3.8, 4) is 11.3 Å². The van der Waals surface area contributed by atoms with Crippen LogP contribution >= 0.6 is 0 Å². The number of nitrogens with zero attached hydrogens (tertiary/aromatic N) is 3. The maximum Gasteiger partial charge on any atom is 0.0822 e. The molecule has 0 radical (unpaired) electrons. The second kappa shape index (κ2) is 6.05. The number of hydrogen-bond donors (Lipinski definition) is 0. The molecule has 0 amide bonds. The molecule has 0 fully saturated rings. The van der Waals surface area contributed by atoms with Crippen molar-refractivity contribution in [3.05, 3.63) is 103 Å². The minimum Gasteiger partial charge on any atom is -0.308 e. The van der Waals surface area contributed by atoms with Crippen molar-refractivity contribution in [2.75, 3.05) is 0 Å². The maximum absolute atomic E-state index is 4.89. The fraction of sp³-hybridized carbons (Fsp3) is 0. The lowest BCUT2D eigenvalue weighted by atomic mass is 9.99. The molecule has 0 N–H and O–H groups in total. The molecule has 0 atom stereocenters. The van der Waals surface area contributed by atoms with Crippen molar-refractivity contribution < 1.29 is 0 Å². The second-order valence-corrected chi connectivity index (χ2v) is 8.69. The Morgan fingerprint density at radius 1 is 0.545 bits per heavy atom. The molecule has 0 aliphatic rings. The zero-order chi connectivity index (χ0) is 21.5. The van der Waals surface area contributed by atoms with Gasteiger partial charge in [-0.1, -0.05) is 54.6 Å². The standard InChI is InChI=1S/C30H17N3/c1-2-7-20-17-26-23(16-19(20)6-1)29-27-18(13-15-32-29)11-12-22-28-21(24-9-3-4-14-31-24)8-5-10-25(28)33(26)30(22)27/h1-17H. The van der Waals surface area contributed by atoms with Gasteiger partial charge in [0.2, 0.25) is 0 Å². The van der Waals surface area contributed by atoms with Gasteiger partial charge in [-0.05, 0) is 52.6 Å². The molecule has 0 bridgehead atoms. The van der Waals surface area contributed by atoms with Gasteiger partial charge in [0.05, 0.1) is 27.8 Å². The third-order valence-corrected chi connectivity index (χ3v) is 6.98. The van der Waals surface area contributed by atoms with Gasteiger partial charge in [0.25, 0.3) is 0 Å². The van der Waals surface area contributed by atoms with Crippen molar-refractivity contribution in [2.45, 2.75) is 0 Å². The minimum atomic E-state index is 0.992. The van der Waals surface area contributed by atoms with E-state index in [2.05, 4.69) is 94.3 Å². The lowest BCUT2D eigenvalue weighted by Crippen LogP contribution is -1.94. The first kappa shape index (κ1) is 17.1. The quantitative estimate of drug-likeness (QED) is 0.203. The van der Waals surface area contributed by atoms with Gasteiger partial charge in [-0.15, -0.1) is 0 Å². The van der Waals surface area contributed by atoms with Gasteiger partial charge in [-0.2, -0.15) is 0 Å². The summed E-state index contributed by atoms with van der Waals surface area (Å²) in [5.41, 5.74) is 6.83. The Morgan fingerprint density at radius 3 is 2.30 bits per heavy atom. The number of aromatic nitrogens is 3. The highest BCUT2D eigenvalue weighted by Crippen LogP contribution is 2.43. The third-order valence-electron chi connectivity index (χ3n) is 6.98. The summed E-state index contributed by atoms with van der Waals surface area (Å²) >= 11 is 0. The zero-order valence-electron chi connectivity index (χ0n) is 17.7. The Bertz CT molecular complexity index is 2020. The second-order valence-electron chi connectivity index (χ2n) is 8.69. The van der Waals surface area contributed by atoms with Crippen molar-refractivity contribution >= 4 is 59.8 Å². The van der Waals surface area contributed by atoms with Gasteiger partial charge in [0.15, 0.2) is 0 Å². The molecule has 0 aliphatic heterocycles. The van der Waals surface area contributed by atoms with E-state index < -0.39 is 0 Å². The Kier molecular flexibility index (Phi) is 3.14. The van der Waals surface area contributed by atoms with E-state index in [0.29, 0.717) is 0 Å². The topological polar surface area (TPSA) is 30.2 Å². The summed E-state index contributed by atoms with van der Waals surface area (Å²) in [6, 6.07) is 32.5. The van der Waals surface area contributed by atoms with Gasteiger partial charge in [-0.3, -0.25) is 9.97 Å². The zero-order valence-corrected chi connectivity index (χ0v) is 17.7. The summed E-state index contributed by atoms with van der Waals surface area (Å²) in [4.78, 5) is 9.57. The van der Waals surface area contributed by atoms with Crippen LogP contribution in [0.4, 0.5) is 0 Å². The molecular formula is C30H17N3. The fourth-order valence-electron chi connectivity index (χ4n) is 5.61. The van der Waals surface area contributed by atoms with Crippen LogP contribution in [-0.2, 0) is 0 Å². The summed E-state index contributed by atoms with van der Waals surface area (Å²) < 4.78 is 2.44. The molecule has 0 aliphatic carbocycles. The average molecular weight is 419 g/mol. The van der Waals surface area contributed by atoms with Crippen LogP contribution in [-0.4, -0.2) is 14.4 Å². The fourth-order valence-corrected chi connectivity index (χ4v) is 5.61. The molecule has 4 heterocycles. The molecule has 3 nitrogen and oxygen atoms in total. The van der Waals surface area contributed by atoms with E-state index >= 15 is 0 Å². The monoisotopic (exact) mass is 419 g/mol. The summed E-state index contributed by atoms with van der Waals surface area (Å²) in [6.45, 7) is 0. The molecule has 0 spiro atoms. The van der Waals surface area contributed by atoms with Crippen LogP contribution in [0.1, 0.15) is 0 Å². The van der Waals surface area contributed by atoms with E-state index in [9.17, 15) is 0 Å². The molecule has 3 heteroatoms. The smallest absolute Gasteiger partial charge is 0.0822 e. The number of rotatable bonds is 1. The molecular weight excluding hydrogens is 402 g/mol. The molecule has 0 saturated heterocycles. The molecule has 8 rings (SSSR count). The average Bonchev–Trinajstić information content (AvgIpc) is 3.23. The third kappa shape index (κ3) is 2.14. The van der Waals surface area contributed by atoms with Gasteiger partial charge in [-0.25, -0.2) is 0 Å². The van der Waals surface area contributed by atoms with Crippen molar-refractivity contribution in [1.29, 1.82) is 0 Å². The SMILES string of the molecule is c1ccc(-c2cccc3c2c2ccc4ccnc5c6cc7ccccc7cc6n3c2c45)nc1. The van der Waals surface area contributed by atoms with Crippen LogP contribution in [0.5, 0.6) is 0 Å². The van der Waals surface area contributed by atoms with Gasteiger partial charge in [0, 0.05) is 39.5 Å². The first-order valence-corrected chi connectivity index (χ1v) is 11.2. The first-order chi connectivity index (χ1) is 16.4. The lowest BCUT2D eigenvalue weighted by Gasteiger charge is -2.13.